The number of benzene rings is 1. The van der Waals surface area contributed by atoms with Crippen molar-refractivity contribution in [3.8, 4) is 0 Å². The van der Waals surface area contributed by atoms with E-state index in [2.05, 4.69) is 0 Å². The summed E-state index contributed by atoms with van der Waals surface area (Å²) in [5.74, 6) is -2.27. The molecule has 1 aromatic rings. The Bertz CT molecular complexity index is 603. The normalized spacial score (nSPS) is 15.7. The number of carbonyl (C=O) groups is 2. The standard InChI is InChI=1S/C17H22F2N2O2/c1-17(2,3)11-15(22)20-6-8-21(9-7-20)16(23)12-4-5-13(18)14(19)10-12/h4-5,10H,6-9,11H2,1-3H3. The first-order valence-corrected chi connectivity index (χ1v) is 7.69. The van der Waals surface area contributed by atoms with E-state index in [0.717, 1.165) is 12.1 Å². The van der Waals surface area contributed by atoms with Crippen LogP contribution in [0.25, 0.3) is 0 Å². The van der Waals surface area contributed by atoms with Crippen LogP contribution in [0.15, 0.2) is 18.2 Å². The van der Waals surface area contributed by atoms with Crippen LogP contribution >= 0.6 is 0 Å². The van der Waals surface area contributed by atoms with Crippen LogP contribution in [-0.4, -0.2) is 47.8 Å². The molecule has 0 radical (unpaired) electrons. The Morgan fingerprint density at radius 2 is 1.57 bits per heavy atom. The summed E-state index contributed by atoms with van der Waals surface area (Å²) >= 11 is 0. The predicted molar refractivity (Wildman–Crippen MR) is 82.9 cm³/mol. The number of hydrogen-bond donors (Lipinski definition) is 0. The van der Waals surface area contributed by atoms with Crippen molar-refractivity contribution in [2.75, 3.05) is 26.2 Å². The van der Waals surface area contributed by atoms with Crippen LogP contribution in [0, 0.1) is 17.0 Å². The maximum absolute atomic E-state index is 13.2. The quantitative estimate of drug-likeness (QED) is 0.839. The minimum Gasteiger partial charge on any atom is -0.339 e. The van der Waals surface area contributed by atoms with E-state index in [0.29, 0.717) is 32.6 Å². The third-order valence-corrected chi connectivity index (χ3v) is 3.77. The molecule has 1 fully saturated rings. The van der Waals surface area contributed by atoms with Gasteiger partial charge in [0.2, 0.25) is 5.91 Å². The number of halogens is 2. The molecule has 0 saturated carbocycles. The fourth-order valence-corrected chi connectivity index (χ4v) is 2.54. The molecule has 1 heterocycles. The van der Waals surface area contributed by atoms with Crippen LogP contribution in [0.3, 0.4) is 0 Å². The average molecular weight is 324 g/mol. The molecule has 1 saturated heterocycles. The van der Waals surface area contributed by atoms with Gasteiger partial charge in [0.25, 0.3) is 5.91 Å². The first-order valence-electron chi connectivity index (χ1n) is 7.69. The second-order valence-electron chi connectivity index (χ2n) is 7.04. The highest BCUT2D eigenvalue weighted by molar-refractivity contribution is 5.94. The molecule has 4 nitrogen and oxygen atoms in total. The van der Waals surface area contributed by atoms with Crippen LogP contribution in [0.4, 0.5) is 8.78 Å². The monoisotopic (exact) mass is 324 g/mol. The van der Waals surface area contributed by atoms with Gasteiger partial charge >= 0.3 is 0 Å². The van der Waals surface area contributed by atoms with Crippen LogP contribution in [0.5, 0.6) is 0 Å². The molecule has 0 spiro atoms. The zero-order chi connectivity index (χ0) is 17.2. The first kappa shape index (κ1) is 17.4. The lowest BCUT2D eigenvalue weighted by Gasteiger charge is -2.36. The maximum atomic E-state index is 13.2. The maximum Gasteiger partial charge on any atom is 0.254 e. The van der Waals surface area contributed by atoms with E-state index in [-0.39, 0.29) is 22.8 Å². The van der Waals surface area contributed by atoms with Crippen molar-refractivity contribution in [3.63, 3.8) is 0 Å². The highest BCUT2D eigenvalue weighted by Crippen LogP contribution is 2.20. The SMILES string of the molecule is CC(C)(C)CC(=O)N1CCN(C(=O)c2ccc(F)c(F)c2)CC1. The number of piperazine rings is 1. The lowest BCUT2D eigenvalue weighted by Crippen LogP contribution is -2.51. The van der Waals surface area contributed by atoms with E-state index in [4.69, 9.17) is 0 Å². The predicted octanol–water partition coefficient (Wildman–Crippen LogP) is 2.69. The molecule has 2 rings (SSSR count). The molecular weight excluding hydrogens is 302 g/mol. The Morgan fingerprint density at radius 3 is 2.09 bits per heavy atom. The van der Waals surface area contributed by atoms with Crippen molar-refractivity contribution in [2.45, 2.75) is 27.2 Å². The molecule has 2 amide bonds. The minimum atomic E-state index is -1.03. The van der Waals surface area contributed by atoms with Gasteiger partial charge in [-0.3, -0.25) is 9.59 Å². The van der Waals surface area contributed by atoms with Crippen LogP contribution < -0.4 is 0 Å². The summed E-state index contributed by atoms with van der Waals surface area (Å²) in [6.45, 7) is 7.74. The topological polar surface area (TPSA) is 40.6 Å². The van der Waals surface area contributed by atoms with Gasteiger partial charge in [-0.05, 0) is 23.6 Å². The molecule has 1 aliphatic rings. The first-order chi connectivity index (χ1) is 10.7. The number of amides is 2. The molecule has 0 atom stereocenters. The largest absolute Gasteiger partial charge is 0.339 e. The Hall–Kier alpha value is -1.98. The van der Waals surface area contributed by atoms with Gasteiger partial charge in [0.1, 0.15) is 0 Å². The second-order valence-corrected chi connectivity index (χ2v) is 7.04. The molecule has 1 aromatic carbocycles. The summed E-state index contributed by atoms with van der Waals surface area (Å²) in [6.07, 6.45) is 0.462. The summed E-state index contributed by atoms with van der Waals surface area (Å²) in [7, 11) is 0. The van der Waals surface area contributed by atoms with Gasteiger partial charge in [0.15, 0.2) is 11.6 Å². The number of hydrogen-bond acceptors (Lipinski definition) is 2. The molecule has 0 aromatic heterocycles. The molecule has 0 aliphatic carbocycles. The van der Waals surface area contributed by atoms with Gasteiger partial charge in [0.05, 0.1) is 0 Å². The van der Waals surface area contributed by atoms with Gasteiger partial charge in [-0.2, -0.15) is 0 Å². The smallest absolute Gasteiger partial charge is 0.254 e. The summed E-state index contributed by atoms with van der Waals surface area (Å²) in [6, 6.07) is 3.14. The van der Waals surface area contributed by atoms with Crippen LogP contribution in [0.1, 0.15) is 37.6 Å². The van der Waals surface area contributed by atoms with Gasteiger partial charge in [-0.25, -0.2) is 8.78 Å². The number of nitrogens with zero attached hydrogens (tertiary/aromatic N) is 2. The molecule has 23 heavy (non-hydrogen) atoms. The summed E-state index contributed by atoms with van der Waals surface area (Å²) < 4.78 is 26.2. The van der Waals surface area contributed by atoms with Crippen molar-refractivity contribution in [3.05, 3.63) is 35.4 Å². The van der Waals surface area contributed by atoms with Crippen molar-refractivity contribution < 1.29 is 18.4 Å². The van der Waals surface area contributed by atoms with E-state index in [1.807, 2.05) is 20.8 Å². The van der Waals surface area contributed by atoms with Gasteiger partial charge in [-0.1, -0.05) is 20.8 Å². The molecule has 0 N–H and O–H groups in total. The Labute approximate surface area is 135 Å². The van der Waals surface area contributed by atoms with E-state index < -0.39 is 11.6 Å². The van der Waals surface area contributed by atoms with Crippen molar-refractivity contribution in [1.29, 1.82) is 0 Å². The van der Waals surface area contributed by atoms with E-state index in [1.54, 1.807) is 9.80 Å². The average Bonchev–Trinajstić information content (AvgIpc) is 2.48. The third-order valence-electron chi connectivity index (χ3n) is 3.77. The highest BCUT2D eigenvalue weighted by Gasteiger charge is 2.27. The van der Waals surface area contributed by atoms with E-state index in [9.17, 15) is 18.4 Å². The van der Waals surface area contributed by atoms with Crippen LogP contribution in [0.2, 0.25) is 0 Å². The Kier molecular flexibility index (Phi) is 5.02. The number of rotatable bonds is 2. The zero-order valence-corrected chi connectivity index (χ0v) is 13.7. The molecule has 0 unspecified atom stereocenters. The molecule has 1 aliphatic heterocycles. The fraction of sp³-hybridized carbons (Fsp3) is 0.529. The van der Waals surface area contributed by atoms with Gasteiger partial charge in [0, 0.05) is 38.2 Å². The minimum absolute atomic E-state index is 0.0737. The summed E-state index contributed by atoms with van der Waals surface area (Å²) in [5.41, 5.74) is 0.0498. The van der Waals surface area contributed by atoms with E-state index in [1.165, 1.54) is 6.07 Å². The Balaban J connectivity index is 1.94. The summed E-state index contributed by atoms with van der Waals surface area (Å²) in [4.78, 5) is 27.8. The molecular formula is C17H22F2N2O2. The van der Waals surface area contributed by atoms with Crippen molar-refractivity contribution in [1.82, 2.24) is 9.80 Å². The zero-order valence-electron chi connectivity index (χ0n) is 13.7. The Morgan fingerprint density at radius 1 is 1.00 bits per heavy atom. The van der Waals surface area contributed by atoms with Crippen molar-refractivity contribution in [2.24, 2.45) is 5.41 Å². The van der Waals surface area contributed by atoms with Crippen LogP contribution in [-0.2, 0) is 4.79 Å². The number of carbonyl (C=O) groups excluding carboxylic acids is 2. The third kappa shape index (κ3) is 4.50. The fourth-order valence-electron chi connectivity index (χ4n) is 2.54. The van der Waals surface area contributed by atoms with Crippen molar-refractivity contribution >= 4 is 11.8 Å². The molecule has 6 heteroatoms. The lowest BCUT2D eigenvalue weighted by atomic mass is 9.91. The molecule has 0 bridgehead atoms. The van der Waals surface area contributed by atoms with E-state index >= 15 is 0 Å². The van der Waals surface area contributed by atoms with Gasteiger partial charge in [-0.15, -0.1) is 0 Å². The highest BCUT2D eigenvalue weighted by atomic mass is 19.2. The second kappa shape index (κ2) is 6.64. The summed E-state index contributed by atoms with van der Waals surface area (Å²) in [5, 5.41) is 0. The van der Waals surface area contributed by atoms with Gasteiger partial charge < -0.3 is 9.80 Å². The lowest BCUT2D eigenvalue weighted by molar-refractivity contribution is -0.134. The molecule has 126 valence electrons.